The summed E-state index contributed by atoms with van der Waals surface area (Å²) in [6, 6.07) is 8.79. The third-order valence-corrected chi connectivity index (χ3v) is 3.20. The third kappa shape index (κ3) is 2.89. The lowest BCUT2D eigenvalue weighted by Crippen LogP contribution is -2.23. The van der Waals surface area contributed by atoms with Crippen molar-refractivity contribution in [1.82, 2.24) is 29.6 Å². The number of aryl methyl sites for hydroxylation is 1. The van der Waals surface area contributed by atoms with E-state index in [0.717, 1.165) is 10.2 Å². The van der Waals surface area contributed by atoms with E-state index in [2.05, 4.69) is 15.5 Å². The van der Waals surface area contributed by atoms with Crippen molar-refractivity contribution in [2.24, 2.45) is 7.05 Å². The van der Waals surface area contributed by atoms with Crippen LogP contribution in [0.1, 0.15) is 17.3 Å². The molecule has 0 saturated carbocycles. The fourth-order valence-corrected chi connectivity index (χ4v) is 2.02. The second kappa shape index (κ2) is 5.87. The van der Waals surface area contributed by atoms with E-state index in [0.29, 0.717) is 11.6 Å². The Morgan fingerprint density at radius 2 is 2.00 bits per heavy atom. The first-order valence-corrected chi connectivity index (χ1v) is 6.83. The molecule has 2 aromatic heterocycles. The van der Waals surface area contributed by atoms with Gasteiger partial charge in [-0.05, 0) is 16.5 Å². The van der Waals surface area contributed by atoms with E-state index in [9.17, 15) is 9.59 Å². The van der Waals surface area contributed by atoms with Gasteiger partial charge in [0.05, 0.1) is 5.69 Å². The zero-order valence-electron chi connectivity index (χ0n) is 12.6. The summed E-state index contributed by atoms with van der Waals surface area (Å²) in [5.41, 5.74) is 0.974. The maximum atomic E-state index is 12.0. The largest absolute Gasteiger partial charge is 0.472 e. The molecule has 0 N–H and O–H groups in total. The highest BCUT2D eigenvalue weighted by atomic mass is 16.5. The predicted molar refractivity (Wildman–Crippen MR) is 79.5 cm³/mol. The number of benzene rings is 1. The first kappa shape index (κ1) is 14.7. The van der Waals surface area contributed by atoms with Crippen molar-refractivity contribution in [3.05, 3.63) is 52.6 Å². The molecular formula is C14H14N6O3. The molecule has 0 aliphatic carbocycles. The SMILES string of the molecule is CC(=O)n1ccc(OCc2ccccc2-n2nnn(C)c2=O)n1. The second-order valence-corrected chi connectivity index (χ2v) is 4.83. The van der Waals surface area contributed by atoms with E-state index in [1.54, 1.807) is 18.2 Å². The van der Waals surface area contributed by atoms with Crippen LogP contribution in [0, 0.1) is 0 Å². The lowest BCUT2D eigenvalue weighted by molar-refractivity contribution is 0.0918. The summed E-state index contributed by atoms with van der Waals surface area (Å²) >= 11 is 0. The molecule has 23 heavy (non-hydrogen) atoms. The first-order chi connectivity index (χ1) is 11.1. The van der Waals surface area contributed by atoms with Gasteiger partial charge in [0.15, 0.2) is 0 Å². The minimum Gasteiger partial charge on any atom is -0.472 e. The fraction of sp³-hybridized carbons (Fsp3) is 0.214. The molecule has 0 atom stereocenters. The van der Waals surface area contributed by atoms with Gasteiger partial charge in [0.25, 0.3) is 0 Å². The van der Waals surface area contributed by atoms with Gasteiger partial charge in [-0.15, -0.1) is 5.10 Å². The summed E-state index contributed by atoms with van der Waals surface area (Å²) in [5.74, 6) is 0.118. The number of nitrogens with zero attached hydrogens (tertiary/aromatic N) is 6. The summed E-state index contributed by atoms with van der Waals surface area (Å²) in [5, 5.41) is 11.5. The normalized spacial score (nSPS) is 10.7. The second-order valence-electron chi connectivity index (χ2n) is 4.83. The molecule has 2 heterocycles. The molecule has 0 unspecified atom stereocenters. The summed E-state index contributed by atoms with van der Waals surface area (Å²) in [4.78, 5) is 23.2. The fourth-order valence-electron chi connectivity index (χ4n) is 2.02. The quantitative estimate of drug-likeness (QED) is 0.691. The van der Waals surface area contributed by atoms with E-state index in [1.165, 1.54) is 29.5 Å². The summed E-state index contributed by atoms with van der Waals surface area (Å²) in [6.07, 6.45) is 1.52. The van der Waals surface area contributed by atoms with Gasteiger partial charge in [-0.2, -0.15) is 9.36 Å². The van der Waals surface area contributed by atoms with Crippen molar-refractivity contribution in [3.63, 3.8) is 0 Å². The number of rotatable bonds is 4. The van der Waals surface area contributed by atoms with Crippen LogP contribution in [-0.2, 0) is 13.7 Å². The molecule has 1 aromatic carbocycles. The molecular weight excluding hydrogens is 300 g/mol. The van der Waals surface area contributed by atoms with Crippen LogP contribution in [0.25, 0.3) is 5.69 Å². The van der Waals surface area contributed by atoms with E-state index >= 15 is 0 Å². The van der Waals surface area contributed by atoms with Gasteiger partial charge in [0.1, 0.15) is 6.61 Å². The van der Waals surface area contributed by atoms with Crippen molar-refractivity contribution in [3.8, 4) is 11.6 Å². The Bertz CT molecular complexity index is 907. The topological polar surface area (TPSA) is 96.8 Å². The molecule has 0 bridgehead atoms. The zero-order valence-corrected chi connectivity index (χ0v) is 12.6. The predicted octanol–water partition coefficient (Wildman–Crippen LogP) is 0.402. The van der Waals surface area contributed by atoms with Crippen molar-refractivity contribution in [2.75, 3.05) is 0 Å². The van der Waals surface area contributed by atoms with Gasteiger partial charge in [-0.1, -0.05) is 18.2 Å². The average Bonchev–Trinajstić information content (AvgIpc) is 3.14. The Hall–Kier alpha value is -3.23. The van der Waals surface area contributed by atoms with E-state index < -0.39 is 0 Å². The van der Waals surface area contributed by atoms with Gasteiger partial charge in [-0.25, -0.2) is 9.48 Å². The number of hydrogen-bond acceptors (Lipinski definition) is 6. The molecule has 3 aromatic rings. The number of tetrazole rings is 1. The molecule has 3 rings (SSSR count). The Morgan fingerprint density at radius 3 is 2.65 bits per heavy atom. The Morgan fingerprint density at radius 1 is 1.22 bits per heavy atom. The highest BCUT2D eigenvalue weighted by Gasteiger charge is 2.11. The average molecular weight is 314 g/mol. The van der Waals surface area contributed by atoms with Crippen LogP contribution in [0.2, 0.25) is 0 Å². The first-order valence-electron chi connectivity index (χ1n) is 6.83. The standard InChI is InChI=1S/C14H14N6O3/c1-10(21)19-8-7-13(15-19)23-9-11-5-3-4-6-12(11)20-14(22)18(2)16-17-20/h3-8H,9H2,1-2H3. The van der Waals surface area contributed by atoms with Crippen molar-refractivity contribution < 1.29 is 9.53 Å². The molecule has 0 radical (unpaired) electrons. The molecule has 0 aliphatic heterocycles. The summed E-state index contributed by atoms with van der Waals surface area (Å²) < 4.78 is 9.11. The van der Waals surface area contributed by atoms with Gasteiger partial charge >= 0.3 is 5.69 Å². The molecule has 0 spiro atoms. The molecule has 0 aliphatic rings. The highest BCUT2D eigenvalue weighted by Crippen LogP contribution is 2.15. The van der Waals surface area contributed by atoms with Crippen LogP contribution in [0.5, 0.6) is 5.88 Å². The Balaban J connectivity index is 1.85. The summed E-state index contributed by atoms with van der Waals surface area (Å²) in [7, 11) is 1.53. The lowest BCUT2D eigenvalue weighted by atomic mass is 10.2. The number of carbonyl (C=O) groups excluding carboxylic acids is 1. The minimum absolute atomic E-state index is 0.175. The van der Waals surface area contributed by atoms with Crippen molar-refractivity contribution >= 4 is 5.91 Å². The molecule has 0 fully saturated rings. The van der Waals surface area contributed by atoms with Gasteiger partial charge in [0.2, 0.25) is 11.8 Å². The number of ether oxygens (including phenoxy) is 1. The van der Waals surface area contributed by atoms with E-state index in [1.807, 2.05) is 12.1 Å². The Labute approximate surface area is 130 Å². The smallest absolute Gasteiger partial charge is 0.368 e. The van der Waals surface area contributed by atoms with Crippen LogP contribution in [0.4, 0.5) is 0 Å². The molecule has 118 valence electrons. The van der Waals surface area contributed by atoms with Gasteiger partial charge in [0, 0.05) is 31.8 Å². The van der Waals surface area contributed by atoms with E-state index in [-0.39, 0.29) is 18.2 Å². The van der Waals surface area contributed by atoms with E-state index in [4.69, 9.17) is 4.74 Å². The summed E-state index contributed by atoms with van der Waals surface area (Å²) in [6.45, 7) is 1.58. The van der Waals surface area contributed by atoms with Crippen LogP contribution in [-0.4, -0.2) is 35.5 Å². The van der Waals surface area contributed by atoms with Crippen molar-refractivity contribution in [1.29, 1.82) is 0 Å². The number of carbonyl (C=O) groups is 1. The van der Waals surface area contributed by atoms with Gasteiger partial charge in [-0.3, -0.25) is 4.79 Å². The van der Waals surface area contributed by atoms with Crippen LogP contribution in [0.3, 0.4) is 0 Å². The van der Waals surface area contributed by atoms with Crippen molar-refractivity contribution in [2.45, 2.75) is 13.5 Å². The van der Waals surface area contributed by atoms with Crippen LogP contribution >= 0.6 is 0 Å². The molecule has 9 nitrogen and oxygen atoms in total. The lowest BCUT2D eigenvalue weighted by Gasteiger charge is -2.08. The third-order valence-electron chi connectivity index (χ3n) is 3.20. The van der Waals surface area contributed by atoms with Crippen LogP contribution < -0.4 is 10.4 Å². The Kier molecular flexibility index (Phi) is 3.75. The van der Waals surface area contributed by atoms with Crippen LogP contribution in [0.15, 0.2) is 41.3 Å². The molecule has 9 heteroatoms. The zero-order chi connectivity index (χ0) is 16.4. The van der Waals surface area contributed by atoms with Gasteiger partial charge < -0.3 is 4.74 Å². The minimum atomic E-state index is -0.349. The number of para-hydroxylation sites is 1. The maximum Gasteiger partial charge on any atom is 0.368 e. The molecule has 0 amide bonds. The monoisotopic (exact) mass is 314 g/mol. The molecule has 0 saturated heterocycles. The maximum absolute atomic E-state index is 12.0. The highest BCUT2D eigenvalue weighted by molar-refractivity contribution is 5.75. The number of aromatic nitrogens is 6. The number of hydrogen-bond donors (Lipinski definition) is 0.